The van der Waals surface area contributed by atoms with E-state index >= 15 is 0 Å². The first kappa shape index (κ1) is 13.0. The van der Waals surface area contributed by atoms with Crippen LogP contribution < -0.4 is 5.73 Å². The first-order valence-electron chi connectivity index (χ1n) is 5.08. The molecule has 0 fully saturated rings. The van der Waals surface area contributed by atoms with Crippen molar-refractivity contribution in [2.45, 2.75) is 12.2 Å². The second-order valence-electron chi connectivity index (χ2n) is 3.63. The van der Waals surface area contributed by atoms with E-state index in [1.54, 1.807) is 11.3 Å². The van der Waals surface area contributed by atoms with Gasteiger partial charge in [0.1, 0.15) is 0 Å². The van der Waals surface area contributed by atoms with Gasteiger partial charge in [0.2, 0.25) is 0 Å². The number of hydrogen-bond donors (Lipinski definition) is 1. The molecular weight excluding hydrogens is 226 g/mol. The highest BCUT2D eigenvalue weighted by Gasteiger charge is 2.02. The molecule has 0 saturated carbocycles. The highest BCUT2D eigenvalue weighted by Crippen LogP contribution is 2.15. The van der Waals surface area contributed by atoms with Gasteiger partial charge in [-0.1, -0.05) is 0 Å². The third-order valence-electron chi connectivity index (χ3n) is 1.88. The van der Waals surface area contributed by atoms with Crippen molar-refractivity contribution in [3.05, 3.63) is 16.1 Å². The van der Waals surface area contributed by atoms with Gasteiger partial charge in [-0.15, -0.1) is 11.3 Å². The summed E-state index contributed by atoms with van der Waals surface area (Å²) in [6, 6.07) is 0. The third kappa shape index (κ3) is 5.51. The minimum Gasteiger partial charge on any atom is -0.330 e. The molecule has 1 aromatic heterocycles. The van der Waals surface area contributed by atoms with E-state index in [-0.39, 0.29) is 0 Å². The maximum absolute atomic E-state index is 5.43. The van der Waals surface area contributed by atoms with E-state index in [1.807, 2.05) is 11.8 Å². The predicted octanol–water partition coefficient (Wildman–Crippen LogP) is 1.44. The van der Waals surface area contributed by atoms with Gasteiger partial charge in [-0.05, 0) is 14.1 Å². The molecule has 86 valence electrons. The van der Waals surface area contributed by atoms with Crippen molar-refractivity contribution in [3.8, 4) is 0 Å². The van der Waals surface area contributed by atoms with Crippen LogP contribution in [0.5, 0.6) is 0 Å². The first-order valence-corrected chi connectivity index (χ1v) is 7.11. The van der Waals surface area contributed by atoms with Crippen molar-refractivity contribution in [1.82, 2.24) is 9.88 Å². The summed E-state index contributed by atoms with van der Waals surface area (Å²) >= 11 is 3.62. The molecule has 1 aromatic rings. The van der Waals surface area contributed by atoms with Crippen LogP contribution in [0.15, 0.2) is 5.38 Å². The largest absolute Gasteiger partial charge is 0.330 e. The molecule has 1 rings (SSSR count). The van der Waals surface area contributed by atoms with E-state index in [0.29, 0.717) is 0 Å². The van der Waals surface area contributed by atoms with Gasteiger partial charge >= 0.3 is 0 Å². The average Bonchev–Trinajstić information content (AvgIpc) is 2.63. The van der Waals surface area contributed by atoms with Crippen molar-refractivity contribution >= 4 is 23.1 Å². The Bertz CT molecular complexity index is 273. The van der Waals surface area contributed by atoms with Crippen LogP contribution in [0, 0.1) is 0 Å². The van der Waals surface area contributed by atoms with Crippen LogP contribution in [0.3, 0.4) is 0 Å². The van der Waals surface area contributed by atoms with E-state index in [0.717, 1.165) is 31.0 Å². The smallest absolute Gasteiger partial charge is 0.0941 e. The summed E-state index contributed by atoms with van der Waals surface area (Å²) < 4.78 is 0. The minimum atomic E-state index is 0.752. The van der Waals surface area contributed by atoms with Crippen molar-refractivity contribution < 1.29 is 0 Å². The second kappa shape index (κ2) is 7.22. The Labute approximate surface area is 100 Å². The lowest BCUT2D eigenvalue weighted by atomic mass is 10.4. The van der Waals surface area contributed by atoms with Crippen LogP contribution >= 0.6 is 23.1 Å². The SMILES string of the molecule is CN(C)CCc1nc(CSCCN)cs1. The summed E-state index contributed by atoms with van der Waals surface area (Å²) in [7, 11) is 4.18. The van der Waals surface area contributed by atoms with Gasteiger partial charge in [0, 0.05) is 36.4 Å². The van der Waals surface area contributed by atoms with Crippen LogP contribution in [0.2, 0.25) is 0 Å². The van der Waals surface area contributed by atoms with Crippen LogP contribution in [-0.2, 0) is 12.2 Å². The van der Waals surface area contributed by atoms with E-state index < -0.39 is 0 Å². The number of aromatic nitrogens is 1. The Kier molecular flexibility index (Phi) is 6.24. The van der Waals surface area contributed by atoms with Crippen molar-refractivity contribution in [2.75, 3.05) is 32.9 Å². The molecule has 0 aromatic carbocycles. The number of thiazole rings is 1. The van der Waals surface area contributed by atoms with Gasteiger partial charge < -0.3 is 10.6 Å². The van der Waals surface area contributed by atoms with Crippen molar-refractivity contribution in [3.63, 3.8) is 0 Å². The van der Waals surface area contributed by atoms with Gasteiger partial charge in [-0.25, -0.2) is 4.98 Å². The molecule has 0 saturated heterocycles. The van der Waals surface area contributed by atoms with Gasteiger partial charge in [0.05, 0.1) is 10.7 Å². The predicted molar refractivity (Wildman–Crippen MR) is 69.6 cm³/mol. The summed E-state index contributed by atoms with van der Waals surface area (Å²) in [4.78, 5) is 6.77. The Morgan fingerprint density at radius 1 is 1.53 bits per heavy atom. The normalized spacial score (nSPS) is 11.2. The molecule has 0 amide bonds. The fourth-order valence-corrected chi connectivity index (χ4v) is 2.67. The standard InChI is InChI=1S/C10H19N3S2/c1-13(2)5-3-10-12-9(8-15-10)7-14-6-4-11/h8H,3-7,11H2,1-2H3. The molecule has 0 aliphatic heterocycles. The molecule has 2 N–H and O–H groups in total. The molecule has 0 bridgehead atoms. The van der Waals surface area contributed by atoms with Gasteiger partial charge in [0.25, 0.3) is 0 Å². The highest BCUT2D eigenvalue weighted by atomic mass is 32.2. The summed E-state index contributed by atoms with van der Waals surface area (Å²) in [6.07, 6.45) is 1.05. The van der Waals surface area contributed by atoms with Crippen LogP contribution in [-0.4, -0.2) is 42.8 Å². The molecule has 15 heavy (non-hydrogen) atoms. The van der Waals surface area contributed by atoms with Crippen LogP contribution in [0.1, 0.15) is 10.7 Å². The third-order valence-corrected chi connectivity index (χ3v) is 3.87. The summed E-state index contributed by atoms with van der Waals surface area (Å²) in [5, 5.41) is 3.40. The number of hydrogen-bond acceptors (Lipinski definition) is 5. The molecule has 0 atom stereocenters. The lowest BCUT2D eigenvalue weighted by Gasteiger charge is -2.06. The van der Waals surface area contributed by atoms with Gasteiger partial charge in [-0.2, -0.15) is 11.8 Å². The Morgan fingerprint density at radius 3 is 3.00 bits per heavy atom. The number of rotatable bonds is 7. The monoisotopic (exact) mass is 245 g/mol. The molecule has 0 unspecified atom stereocenters. The number of nitrogens with two attached hydrogens (primary N) is 1. The minimum absolute atomic E-state index is 0.752. The van der Waals surface area contributed by atoms with E-state index in [4.69, 9.17) is 5.73 Å². The maximum Gasteiger partial charge on any atom is 0.0941 e. The summed E-state index contributed by atoms with van der Waals surface area (Å²) in [6.45, 7) is 1.82. The van der Waals surface area contributed by atoms with Crippen LogP contribution in [0.4, 0.5) is 0 Å². The lowest BCUT2D eigenvalue weighted by Crippen LogP contribution is -2.14. The quantitative estimate of drug-likeness (QED) is 0.738. The molecular formula is C10H19N3S2. The van der Waals surface area contributed by atoms with Gasteiger partial charge in [0.15, 0.2) is 0 Å². The van der Waals surface area contributed by atoms with Crippen molar-refractivity contribution in [1.29, 1.82) is 0 Å². The zero-order valence-electron chi connectivity index (χ0n) is 9.40. The zero-order valence-corrected chi connectivity index (χ0v) is 11.0. The number of thioether (sulfide) groups is 1. The maximum atomic E-state index is 5.43. The van der Waals surface area contributed by atoms with E-state index in [9.17, 15) is 0 Å². The molecule has 0 aliphatic carbocycles. The molecule has 1 heterocycles. The van der Waals surface area contributed by atoms with Crippen molar-refractivity contribution in [2.24, 2.45) is 5.73 Å². The topological polar surface area (TPSA) is 42.2 Å². The summed E-state index contributed by atoms with van der Waals surface area (Å²) in [5.74, 6) is 2.01. The molecule has 0 aliphatic rings. The fourth-order valence-electron chi connectivity index (χ4n) is 1.11. The van der Waals surface area contributed by atoms with E-state index in [2.05, 4.69) is 29.4 Å². The van der Waals surface area contributed by atoms with Crippen LogP contribution in [0.25, 0.3) is 0 Å². The second-order valence-corrected chi connectivity index (χ2v) is 5.67. The zero-order chi connectivity index (χ0) is 11.1. The molecule has 0 radical (unpaired) electrons. The summed E-state index contributed by atoms with van der Waals surface area (Å²) in [5.41, 5.74) is 6.64. The molecule has 3 nitrogen and oxygen atoms in total. The Morgan fingerprint density at radius 2 is 2.33 bits per heavy atom. The molecule has 5 heteroatoms. The Hall–Kier alpha value is -0.100. The van der Waals surface area contributed by atoms with Gasteiger partial charge in [-0.3, -0.25) is 0 Å². The fraction of sp³-hybridized carbons (Fsp3) is 0.700. The molecule has 0 spiro atoms. The van der Waals surface area contributed by atoms with E-state index in [1.165, 1.54) is 10.7 Å². The average molecular weight is 245 g/mol. The highest BCUT2D eigenvalue weighted by molar-refractivity contribution is 7.98. The number of likely N-dealkylation sites (N-methyl/N-ethyl adjacent to an activating group) is 1. The lowest BCUT2D eigenvalue weighted by molar-refractivity contribution is 0.413. The number of nitrogens with zero attached hydrogens (tertiary/aromatic N) is 2. The first-order chi connectivity index (χ1) is 7.22. The Balaban J connectivity index is 2.29.